The number of ketones is 1. The first-order chi connectivity index (χ1) is 5.39. The molecule has 0 heterocycles. The molecule has 12 heavy (non-hydrogen) atoms. The van der Waals surface area contributed by atoms with Crippen LogP contribution in [0, 0.1) is 11.3 Å². The minimum absolute atomic E-state index is 0.160. The average molecular weight is 170 g/mol. The van der Waals surface area contributed by atoms with Gasteiger partial charge in [-0.3, -0.25) is 4.79 Å². The number of rotatable bonds is 4. The maximum Gasteiger partial charge on any atom is 0.140 e. The lowest BCUT2D eigenvalue weighted by Crippen LogP contribution is -2.26. The van der Waals surface area contributed by atoms with Crippen molar-refractivity contribution in [1.82, 2.24) is 0 Å². The van der Waals surface area contributed by atoms with Crippen LogP contribution in [0.2, 0.25) is 0 Å². The van der Waals surface area contributed by atoms with Crippen LogP contribution in [0.15, 0.2) is 0 Å². The van der Waals surface area contributed by atoms with Crippen LogP contribution in [-0.2, 0) is 4.79 Å². The second-order valence-electron chi connectivity index (χ2n) is 4.66. The van der Waals surface area contributed by atoms with Crippen molar-refractivity contribution in [1.29, 1.82) is 0 Å². The van der Waals surface area contributed by atoms with Gasteiger partial charge in [-0.2, -0.15) is 0 Å². The fourth-order valence-corrected chi connectivity index (χ4v) is 1.38. The molecule has 0 radical (unpaired) electrons. The minimum Gasteiger partial charge on any atom is -0.299 e. The van der Waals surface area contributed by atoms with E-state index in [1.165, 1.54) is 12.8 Å². The van der Waals surface area contributed by atoms with E-state index in [9.17, 15) is 4.79 Å². The summed E-state index contributed by atoms with van der Waals surface area (Å²) in [6, 6.07) is 0. The summed E-state index contributed by atoms with van der Waals surface area (Å²) in [6.45, 7) is 10.2. The van der Waals surface area contributed by atoms with Crippen LogP contribution in [0.5, 0.6) is 0 Å². The smallest absolute Gasteiger partial charge is 0.140 e. The zero-order valence-corrected chi connectivity index (χ0v) is 9.11. The van der Waals surface area contributed by atoms with Crippen molar-refractivity contribution < 1.29 is 4.79 Å². The first-order valence-corrected chi connectivity index (χ1v) is 4.94. The molecule has 0 amide bonds. The van der Waals surface area contributed by atoms with Crippen LogP contribution < -0.4 is 0 Å². The molecule has 0 aromatic carbocycles. The van der Waals surface area contributed by atoms with Gasteiger partial charge in [0.15, 0.2) is 0 Å². The zero-order valence-electron chi connectivity index (χ0n) is 9.11. The molecule has 0 rings (SSSR count). The first-order valence-electron chi connectivity index (χ1n) is 4.94. The van der Waals surface area contributed by atoms with E-state index >= 15 is 0 Å². The molecule has 0 bridgehead atoms. The Hall–Kier alpha value is -0.330. The molecule has 0 aromatic rings. The normalized spacial score (nSPS) is 14.4. The Bertz CT molecular complexity index is 142. The predicted octanol–water partition coefficient (Wildman–Crippen LogP) is 3.43. The van der Waals surface area contributed by atoms with Crippen LogP contribution in [0.25, 0.3) is 0 Å². The highest BCUT2D eigenvalue weighted by molar-refractivity contribution is 5.85. The summed E-state index contributed by atoms with van der Waals surface area (Å²) in [5.74, 6) is 0.640. The Labute approximate surface area is 76.6 Å². The summed E-state index contributed by atoms with van der Waals surface area (Å²) < 4.78 is 0. The molecule has 0 spiro atoms. The number of carbonyl (C=O) groups excluding carboxylic acids is 1. The van der Waals surface area contributed by atoms with Crippen LogP contribution in [0.3, 0.4) is 0 Å². The second-order valence-corrected chi connectivity index (χ2v) is 4.66. The number of hydrogen-bond donors (Lipinski definition) is 0. The van der Waals surface area contributed by atoms with Gasteiger partial charge in [-0.15, -0.1) is 0 Å². The highest BCUT2D eigenvalue weighted by atomic mass is 16.1. The number of carbonyl (C=O) groups is 1. The van der Waals surface area contributed by atoms with Gasteiger partial charge < -0.3 is 0 Å². The summed E-state index contributed by atoms with van der Waals surface area (Å²) >= 11 is 0. The van der Waals surface area contributed by atoms with Gasteiger partial charge in [-0.25, -0.2) is 0 Å². The molecule has 0 fully saturated rings. The fraction of sp³-hybridized carbons (Fsp3) is 0.909. The number of unbranched alkanes of at least 4 members (excludes halogenated alkanes) is 1. The van der Waals surface area contributed by atoms with Gasteiger partial charge in [0.1, 0.15) is 5.78 Å². The van der Waals surface area contributed by atoms with Gasteiger partial charge in [0.05, 0.1) is 0 Å². The quantitative estimate of drug-likeness (QED) is 0.631. The van der Waals surface area contributed by atoms with Crippen molar-refractivity contribution in [2.75, 3.05) is 0 Å². The summed E-state index contributed by atoms with van der Waals surface area (Å²) in [5.41, 5.74) is -0.160. The molecule has 0 aliphatic heterocycles. The van der Waals surface area contributed by atoms with E-state index in [-0.39, 0.29) is 11.3 Å². The third kappa shape index (κ3) is 3.89. The predicted molar refractivity (Wildman–Crippen MR) is 53.2 cm³/mol. The topological polar surface area (TPSA) is 17.1 Å². The van der Waals surface area contributed by atoms with Crippen molar-refractivity contribution in [3.8, 4) is 0 Å². The summed E-state index contributed by atoms with van der Waals surface area (Å²) in [4.78, 5) is 11.7. The molecule has 1 atom stereocenters. The molecule has 1 unspecified atom stereocenters. The van der Waals surface area contributed by atoms with Gasteiger partial charge in [0.25, 0.3) is 0 Å². The maximum atomic E-state index is 11.7. The van der Waals surface area contributed by atoms with Crippen LogP contribution >= 0.6 is 0 Å². The third-order valence-corrected chi connectivity index (χ3v) is 2.18. The lowest BCUT2D eigenvalue weighted by atomic mass is 9.82. The van der Waals surface area contributed by atoms with Gasteiger partial charge in [0.2, 0.25) is 0 Å². The van der Waals surface area contributed by atoms with Gasteiger partial charge in [-0.1, -0.05) is 47.5 Å². The molecule has 0 saturated heterocycles. The molecule has 0 aliphatic rings. The SMILES string of the molecule is CCCCC(C)C(=O)C(C)(C)C. The maximum absolute atomic E-state index is 11.7. The molecule has 0 saturated carbocycles. The molecular formula is C11H22O. The van der Waals surface area contributed by atoms with E-state index in [1.54, 1.807) is 0 Å². The van der Waals surface area contributed by atoms with Crippen LogP contribution in [0.1, 0.15) is 53.9 Å². The van der Waals surface area contributed by atoms with E-state index in [0.29, 0.717) is 5.78 Å². The molecule has 0 aliphatic carbocycles. The molecule has 0 aromatic heterocycles. The van der Waals surface area contributed by atoms with Crippen molar-refractivity contribution in [3.63, 3.8) is 0 Å². The zero-order chi connectivity index (χ0) is 9.78. The Morgan fingerprint density at radius 1 is 1.33 bits per heavy atom. The van der Waals surface area contributed by atoms with E-state index < -0.39 is 0 Å². The van der Waals surface area contributed by atoms with Crippen LogP contribution in [-0.4, -0.2) is 5.78 Å². The number of hydrogen-bond acceptors (Lipinski definition) is 1. The van der Waals surface area contributed by atoms with E-state index in [1.807, 2.05) is 27.7 Å². The van der Waals surface area contributed by atoms with E-state index in [4.69, 9.17) is 0 Å². The van der Waals surface area contributed by atoms with Gasteiger partial charge in [0, 0.05) is 11.3 Å². The fourth-order valence-electron chi connectivity index (χ4n) is 1.38. The second kappa shape index (κ2) is 4.64. The lowest BCUT2D eigenvalue weighted by Gasteiger charge is -2.21. The largest absolute Gasteiger partial charge is 0.299 e. The summed E-state index contributed by atoms with van der Waals surface area (Å²) in [6.07, 6.45) is 3.40. The molecular weight excluding hydrogens is 148 g/mol. The standard InChI is InChI=1S/C11H22O/c1-6-7-8-9(2)10(12)11(3,4)5/h9H,6-8H2,1-5H3. The minimum atomic E-state index is -0.160. The average Bonchev–Trinajstić information content (AvgIpc) is 1.97. The molecule has 1 heteroatoms. The van der Waals surface area contributed by atoms with Crippen molar-refractivity contribution in [3.05, 3.63) is 0 Å². The van der Waals surface area contributed by atoms with E-state index in [2.05, 4.69) is 6.92 Å². The molecule has 72 valence electrons. The summed E-state index contributed by atoms with van der Waals surface area (Å²) in [5, 5.41) is 0. The third-order valence-electron chi connectivity index (χ3n) is 2.18. The molecule has 0 N–H and O–H groups in total. The first kappa shape index (κ1) is 11.7. The molecule has 1 nitrogen and oxygen atoms in total. The Balaban J connectivity index is 3.94. The van der Waals surface area contributed by atoms with Gasteiger partial charge in [-0.05, 0) is 6.42 Å². The Morgan fingerprint density at radius 3 is 2.17 bits per heavy atom. The highest BCUT2D eigenvalue weighted by Crippen LogP contribution is 2.22. The Morgan fingerprint density at radius 2 is 1.83 bits per heavy atom. The van der Waals surface area contributed by atoms with Crippen molar-refractivity contribution in [2.24, 2.45) is 11.3 Å². The van der Waals surface area contributed by atoms with Crippen molar-refractivity contribution in [2.45, 2.75) is 53.9 Å². The monoisotopic (exact) mass is 170 g/mol. The Kier molecular flexibility index (Phi) is 4.51. The van der Waals surface area contributed by atoms with Crippen LogP contribution in [0.4, 0.5) is 0 Å². The van der Waals surface area contributed by atoms with Crippen molar-refractivity contribution >= 4 is 5.78 Å². The number of Topliss-reactive ketones (excluding diaryl/α,β-unsaturated/α-hetero) is 1. The lowest BCUT2D eigenvalue weighted by molar-refractivity contribution is -0.130. The van der Waals surface area contributed by atoms with Gasteiger partial charge >= 0.3 is 0 Å². The summed E-state index contributed by atoms with van der Waals surface area (Å²) in [7, 11) is 0. The van der Waals surface area contributed by atoms with E-state index in [0.717, 1.165) is 6.42 Å². The highest BCUT2D eigenvalue weighted by Gasteiger charge is 2.25.